The molecule has 2 heterocycles. The zero-order valence-electron chi connectivity index (χ0n) is 20.0. The Balaban J connectivity index is 1.46. The Morgan fingerprint density at radius 2 is 2.06 bits per heavy atom. The quantitative estimate of drug-likeness (QED) is 0.427. The number of nitrogens with one attached hydrogen (secondary N) is 1. The number of likely N-dealkylation sites (tertiary alicyclic amines) is 1. The van der Waals surface area contributed by atoms with Crippen molar-refractivity contribution in [2.24, 2.45) is 0 Å². The van der Waals surface area contributed by atoms with Crippen molar-refractivity contribution in [2.75, 3.05) is 24.7 Å². The van der Waals surface area contributed by atoms with Crippen LogP contribution in [0.3, 0.4) is 0 Å². The van der Waals surface area contributed by atoms with Gasteiger partial charge in [0.2, 0.25) is 5.91 Å². The summed E-state index contributed by atoms with van der Waals surface area (Å²) in [5.41, 5.74) is 2.25. The molecular weight excluding hydrogens is 486 g/mol. The maximum absolute atomic E-state index is 13.2. The molecule has 2 amide bonds. The number of hydrogen-bond acceptors (Lipinski definition) is 6. The van der Waals surface area contributed by atoms with Crippen LogP contribution in [-0.4, -0.2) is 50.9 Å². The Bertz CT molecular complexity index is 1230. The van der Waals surface area contributed by atoms with Crippen molar-refractivity contribution in [3.63, 3.8) is 0 Å². The second kappa shape index (κ2) is 11.1. The molecule has 0 spiro atoms. The Hall–Kier alpha value is -3.04. The zero-order valence-corrected chi connectivity index (χ0v) is 21.5. The summed E-state index contributed by atoms with van der Waals surface area (Å²) in [4.78, 5) is 27.7. The SMILES string of the molecule is CCn1c(SCC(=O)Nc2cc(Cl)ccc2OC)nnc1C1CCCN1C(=O)c1cccc(C)c1. The smallest absolute Gasteiger partial charge is 0.254 e. The zero-order chi connectivity index (χ0) is 24.9. The topological polar surface area (TPSA) is 89.3 Å². The van der Waals surface area contributed by atoms with Gasteiger partial charge in [0.15, 0.2) is 11.0 Å². The van der Waals surface area contributed by atoms with Crippen LogP contribution in [-0.2, 0) is 11.3 Å². The molecule has 1 aliphatic heterocycles. The Labute approximate surface area is 214 Å². The van der Waals surface area contributed by atoms with Gasteiger partial charge < -0.3 is 19.5 Å². The van der Waals surface area contributed by atoms with E-state index >= 15 is 0 Å². The van der Waals surface area contributed by atoms with Gasteiger partial charge >= 0.3 is 0 Å². The van der Waals surface area contributed by atoms with Crippen molar-refractivity contribution in [1.82, 2.24) is 19.7 Å². The third kappa shape index (κ3) is 5.62. The molecule has 8 nitrogen and oxygen atoms in total. The number of ether oxygens (including phenoxy) is 1. The van der Waals surface area contributed by atoms with E-state index in [9.17, 15) is 9.59 Å². The highest BCUT2D eigenvalue weighted by Crippen LogP contribution is 2.34. The average Bonchev–Trinajstić information content (AvgIpc) is 3.49. The van der Waals surface area contributed by atoms with Gasteiger partial charge in [-0.1, -0.05) is 41.1 Å². The molecule has 1 N–H and O–H groups in total. The first-order valence-electron chi connectivity index (χ1n) is 11.5. The van der Waals surface area contributed by atoms with Crippen LogP contribution >= 0.6 is 23.4 Å². The third-order valence-electron chi connectivity index (χ3n) is 5.91. The van der Waals surface area contributed by atoms with Crippen LogP contribution in [0, 0.1) is 6.92 Å². The number of amides is 2. The summed E-state index contributed by atoms with van der Waals surface area (Å²) < 4.78 is 7.28. The van der Waals surface area contributed by atoms with E-state index in [4.69, 9.17) is 16.3 Å². The minimum atomic E-state index is -0.208. The van der Waals surface area contributed by atoms with Gasteiger partial charge in [-0.3, -0.25) is 9.59 Å². The monoisotopic (exact) mass is 513 g/mol. The fourth-order valence-corrected chi connectivity index (χ4v) is 5.25. The summed E-state index contributed by atoms with van der Waals surface area (Å²) in [5, 5.41) is 12.8. The number of halogens is 1. The number of carbonyl (C=O) groups is 2. The highest BCUT2D eigenvalue weighted by Gasteiger charge is 2.34. The lowest BCUT2D eigenvalue weighted by molar-refractivity contribution is -0.113. The fourth-order valence-electron chi connectivity index (χ4n) is 4.27. The molecule has 1 atom stereocenters. The molecule has 35 heavy (non-hydrogen) atoms. The van der Waals surface area contributed by atoms with Gasteiger partial charge in [-0.25, -0.2) is 0 Å². The molecule has 0 aliphatic carbocycles. The maximum Gasteiger partial charge on any atom is 0.254 e. The van der Waals surface area contributed by atoms with E-state index in [1.54, 1.807) is 18.2 Å². The van der Waals surface area contributed by atoms with E-state index in [0.29, 0.717) is 40.3 Å². The van der Waals surface area contributed by atoms with Gasteiger partial charge in [-0.05, 0) is 57.0 Å². The largest absolute Gasteiger partial charge is 0.495 e. The maximum atomic E-state index is 13.2. The molecule has 0 radical (unpaired) electrons. The first kappa shape index (κ1) is 25.1. The predicted molar refractivity (Wildman–Crippen MR) is 137 cm³/mol. The fraction of sp³-hybridized carbons (Fsp3) is 0.360. The Morgan fingerprint density at radius 1 is 1.23 bits per heavy atom. The molecule has 3 aromatic rings. The number of aromatic nitrogens is 3. The first-order valence-corrected chi connectivity index (χ1v) is 12.8. The van der Waals surface area contributed by atoms with Crippen LogP contribution in [0.4, 0.5) is 5.69 Å². The minimum Gasteiger partial charge on any atom is -0.495 e. The van der Waals surface area contributed by atoms with Gasteiger partial charge in [-0.2, -0.15) is 0 Å². The van der Waals surface area contributed by atoms with Gasteiger partial charge in [0.25, 0.3) is 5.91 Å². The lowest BCUT2D eigenvalue weighted by atomic mass is 10.1. The normalized spacial score (nSPS) is 15.3. The van der Waals surface area contributed by atoms with Crippen molar-refractivity contribution >= 4 is 40.9 Å². The molecule has 0 saturated carbocycles. The Kier molecular flexibility index (Phi) is 7.97. The Morgan fingerprint density at radius 3 is 2.80 bits per heavy atom. The molecule has 0 bridgehead atoms. The van der Waals surface area contributed by atoms with Gasteiger partial charge in [-0.15, -0.1) is 10.2 Å². The number of carbonyl (C=O) groups excluding carboxylic acids is 2. The second-order valence-electron chi connectivity index (χ2n) is 8.29. The molecule has 1 fully saturated rings. The van der Waals surface area contributed by atoms with Crippen LogP contribution in [0.5, 0.6) is 5.75 Å². The van der Waals surface area contributed by atoms with Crippen LogP contribution < -0.4 is 10.1 Å². The van der Waals surface area contributed by atoms with Crippen molar-refractivity contribution in [3.8, 4) is 5.75 Å². The van der Waals surface area contributed by atoms with Crippen LogP contribution in [0.25, 0.3) is 0 Å². The van der Waals surface area contributed by atoms with Gasteiger partial charge in [0.1, 0.15) is 5.75 Å². The average molecular weight is 514 g/mol. The molecule has 1 aliphatic rings. The van der Waals surface area contributed by atoms with E-state index < -0.39 is 0 Å². The third-order valence-corrected chi connectivity index (χ3v) is 7.11. The number of anilines is 1. The minimum absolute atomic E-state index is 0.00547. The van der Waals surface area contributed by atoms with Crippen molar-refractivity contribution < 1.29 is 14.3 Å². The molecule has 4 rings (SSSR count). The van der Waals surface area contributed by atoms with E-state index in [1.165, 1.54) is 18.9 Å². The van der Waals surface area contributed by atoms with Crippen LogP contribution in [0.2, 0.25) is 5.02 Å². The molecule has 10 heteroatoms. The number of methoxy groups -OCH3 is 1. The number of thioether (sulfide) groups is 1. The molecule has 1 aromatic heterocycles. The number of nitrogens with zero attached hydrogens (tertiary/aromatic N) is 4. The predicted octanol–water partition coefficient (Wildman–Crippen LogP) is 4.98. The van der Waals surface area contributed by atoms with E-state index in [2.05, 4.69) is 15.5 Å². The summed E-state index contributed by atoms with van der Waals surface area (Å²) in [6.07, 6.45) is 1.74. The lowest BCUT2D eigenvalue weighted by Crippen LogP contribution is -2.32. The highest BCUT2D eigenvalue weighted by molar-refractivity contribution is 7.99. The molecule has 1 unspecified atom stereocenters. The highest BCUT2D eigenvalue weighted by atomic mass is 35.5. The van der Waals surface area contributed by atoms with Crippen molar-refractivity contribution in [2.45, 2.75) is 44.4 Å². The summed E-state index contributed by atoms with van der Waals surface area (Å²) in [7, 11) is 1.54. The van der Waals surface area contributed by atoms with Crippen molar-refractivity contribution in [1.29, 1.82) is 0 Å². The van der Waals surface area contributed by atoms with Crippen LogP contribution in [0.15, 0.2) is 47.6 Å². The molecular formula is C25H28ClN5O3S. The molecule has 2 aromatic carbocycles. The number of rotatable bonds is 8. The number of benzene rings is 2. The van der Waals surface area contributed by atoms with E-state index in [1.807, 2.05) is 47.6 Å². The summed E-state index contributed by atoms with van der Waals surface area (Å²) in [6.45, 7) is 5.31. The molecule has 184 valence electrons. The number of aryl methyl sites for hydroxylation is 1. The summed E-state index contributed by atoms with van der Waals surface area (Å²) in [5.74, 6) is 1.23. The second-order valence-corrected chi connectivity index (χ2v) is 9.67. The standard InChI is InChI=1S/C25H28ClN5O3S/c1-4-30-23(20-9-6-12-31(20)24(33)17-8-5-7-16(2)13-17)28-29-25(30)35-15-22(32)27-19-14-18(26)10-11-21(19)34-3/h5,7-8,10-11,13-14,20H,4,6,9,12,15H2,1-3H3,(H,27,32). The molecule has 1 saturated heterocycles. The van der Waals surface area contributed by atoms with Crippen molar-refractivity contribution in [3.05, 3.63) is 64.4 Å². The summed E-state index contributed by atoms with van der Waals surface area (Å²) in [6, 6.07) is 12.6. The van der Waals surface area contributed by atoms with Gasteiger partial charge in [0, 0.05) is 23.7 Å². The summed E-state index contributed by atoms with van der Waals surface area (Å²) >= 11 is 7.36. The number of hydrogen-bond donors (Lipinski definition) is 1. The van der Waals surface area contributed by atoms with E-state index in [0.717, 1.165) is 24.2 Å². The lowest BCUT2D eigenvalue weighted by Gasteiger charge is -2.24. The van der Waals surface area contributed by atoms with Crippen LogP contribution in [0.1, 0.15) is 47.6 Å². The van der Waals surface area contributed by atoms with E-state index in [-0.39, 0.29) is 23.6 Å². The van der Waals surface area contributed by atoms with Gasteiger partial charge in [0.05, 0.1) is 24.6 Å². The first-order chi connectivity index (χ1) is 16.9.